The maximum atomic E-state index is 12.4. The van der Waals surface area contributed by atoms with Gasteiger partial charge in [-0.15, -0.1) is 0 Å². The van der Waals surface area contributed by atoms with Crippen LogP contribution in [0.5, 0.6) is 0 Å². The number of carbonyl (C=O) groups excluding carboxylic acids is 1. The van der Waals surface area contributed by atoms with Crippen LogP contribution in [0.3, 0.4) is 0 Å². The molecule has 3 nitrogen and oxygen atoms in total. The van der Waals surface area contributed by atoms with Crippen LogP contribution in [0, 0.1) is 27.7 Å². The number of rotatable bonds is 3. The molecule has 0 aliphatic rings. The first-order valence-corrected chi connectivity index (χ1v) is 8.01. The molecule has 3 rings (SSSR count). The molecule has 24 heavy (non-hydrogen) atoms. The van der Waals surface area contributed by atoms with Crippen molar-refractivity contribution in [1.29, 1.82) is 0 Å². The first kappa shape index (κ1) is 16.1. The minimum absolute atomic E-state index is 0.237. The molecule has 0 aliphatic carbocycles. The van der Waals surface area contributed by atoms with Gasteiger partial charge in [0.2, 0.25) is 0 Å². The Labute approximate surface area is 142 Å². The van der Waals surface area contributed by atoms with E-state index in [1.54, 1.807) is 6.07 Å². The summed E-state index contributed by atoms with van der Waals surface area (Å²) in [6.07, 6.45) is 0. The van der Waals surface area contributed by atoms with E-state index in [0.717, 1.165) is 22.4 Å². The van der Waals surface area contributed by atoms with Gasteiger partial charge in [0.25, 0.3) is 5.91 Å². The van der Waals surface area contributed by atoms with E-state index in [1.165, 1.54) is 11.1 Å². The van der Waals surface area contributed by atoms with Crippen molar-refractivity contribution in [2.75, 3.05) is 5.32 Å². The molecule has 1 N–H and O–H groups in total. The largest absolute Gasteiger partial charge is 0.451 e. The summed E-state index contributed by atoms with van der Waals surface area (Å²) < 4.78 is 5.76. The molecule has 0 fully saturated rings. The monoisotopic (exact) mass is 319 g/mol. The van der Waals surface area contributed by atoms with Crippen molar-refractivity contribution in [3.8, 4) is 11.3 Å². The highest BCUT2D eigenvalue weighted by molar-refractivity contribution is 6.03. The molecular weight excluding hydrogens is 298 g/mol. The van der Waals surface area contributed by atoms with Gasteiger partial charge in [-0.1, -0.05) is 24.3 Å². The highest BCUT2D eigenvalue weighted by Gasteiger charge is 2.14. The SMILES string of the molecule is Cc1ccc(-c2ccc(C(=O)Nc3cccc(C)c3C)o2)cc1C. The van der Waals surface area contributed by atoms with E-state index in [0.29, 0.717) is 11.5 Å². The van der Waals surface area contributed by atoms with E-state index < -0.39 is 0 Å². The molecule has 1 amide bonds. The number of amides is 1. The third-order valence-corrected chi connectivity index (χ3v) is 4.47. The molecule has 3 aromatic rings. The quantitative estimate of drug-likeness (QED) is 0.699. The lowest BCUT2D eigenvalue weighted by atomic mass is 10.1. The van der Waals surface area contributed by atoms with Crippen LogP contribution >= 0.6 is 0 Å². The van der Waals surface area contributed by atoms with Crippen molar-refractivity contribution in [3.05, 3.63) is 76.5 Å². The number of aryl methyl sites for hydroxylation is 3. The average molecular weight is 319 g/mol. The topological polar surface area (TPSA) is 42.2 Å². The van der Waals surface area contributed by atoms with Gasteiger partial charge in [-0.2, -0.15) is 0 Å². The summed E-state index contributed by atoms with van der Waals surface area (Å²) in [5.41, 5.74) is 6.42. The molecule has 1 aromatic heterocycles. The van der Waals surface area contributed by atoms with Crippen molar-refractivity contribution in [1.82, 2.24) is 0 Å². The van der Waals surface area contributed by atoms with Gasteiger partial charge >= 0.3 is 0 Å². The van der Waals surface area contributed by atoms with Crippen LogP contribution in [0.4, 0.5) is 5.69 Å². The molecule has 0 saturated heterocycles. The van der Waals surface area contributed by atoms with Crippen molar-refractivity contribution in [2.24, 2.45) is 0 Å². The summed E-state index contributed by atoms with van der Waals surface area (Å²) in [4.78, 5) is 12.4. The fraction of sp³-hybridized carbons (Fsp3) is 0.190. The minimum Gasteiger partial charge on any atom is -0.451 e. The number of nitrogens with one attached hydrogen (secondary N) is 1. The molecule has 0 bridgehead atoms. The van der Waals surface area contributed by atoms with E-state index >= 15 is 0 Å². The lowest BCUT2D eigenvalue weighted by molar-refractivity contribution is 0.0997. The van der Waals surface area contributed by atoms with Crippen LogP contribution in [0.15, 0.2) is 52.9 Å². The maximum absolute atomic E-state index is 12.4. The zero-order chi connectivity index (χ0) is 17.3. The van der Waals surface area contributed by atoms with Crippen LogP contribution in [-0.4, -0.2) is 5.91 Å². The third-order valence-electron chi connectivity index (χ3n) is 4.47. The molecule has 122 valence electrons. The summed E-state index contributed by atoms with van der Waals surface area (Å²) in [6.45, 7) is 8.16. The van der Waals surface area contributed by atoms with Crippen LogP contribution in [-0.2, 0) is 0 Å². The second-order valence-corrected chi connectivity index (χ2v) is 6.16. The van der Waals surface area contributed by atoms with Crippen molar-refractivity contribution in [2.45, 2.75) is 27.7 Å². The Bertz CT molecular complexity index is 906. The predicted octanol–water partition coefficient (Wildman–Crippen LogP) is 5.43. The smallest absolute Gasteiger partial charge is 0.291 e. The standard InChI is InChI=1S/C21H21NO2/c1-13-8-9-17(12-15(13)3)19-10-11-20(24-19)21(23)22-18-7-5-6-14(2)16(18)4/h5-12H,1-4H3,(H,22,23). The first-order valence-electron chi connectivity index (χ1n) is 8.01. The van der Waals surface area contributed by atoms with E-state index in [4.69, 9.17) is 4.42 Å². The van der Waals surface area contributed by atoms with Gasteiger partial charge in [0.05, 0.1) is 0 Å². The lowest BCUT2D eigenvalue weighted by Crippen LogP contribution is -2.12. The maximum Gasteiger partial charge on any atom is 0.291 e. The van der Waals surface area contributed by atoms with Crippen LogP contribution in [0.1, 0.15) is 32.8 Å². The van der Waals surface area contributed by atoms with Crippen LogP contribution < -0.4 is 5.32 Å². The number of furan rings is 1. The first-order chi connectivity index (χ1) is 11.5. The van der Waals surface area contributed by atoms with E-state index in [1.807, 2.05) is 44.2 Å². The molecule has 0 radical (unpaired) electrons. The second-order valence-electron chi connectivity index (χ2n) is 6.16. The number of hydrogen-bond donors (Lipinski definition) is 1. The molecule has 3 heteroatoms. The van der Waals surface area contributed by atoms with Crippen LogP contribution in [0.25, 0.3) is 11.3 Å². The van der Waals surface area contributed by atoms with Gasteiger partial charge in [-0.3, -0.25) is 4.79 Å². The predicted molar refractivity (Wildman–Crippen MR) is 97.5 cm³/mol. The van der Waals surface area contributed by atoms with Crippen molar-refractivity contribution >= 4 is 11.6 Å². The Morgan fingerprint density at radius 2 is 1.67 bits per heavy atom. The normalized spacial score (nSPS) is 10.7. The lowest BCUT2D eigenvalue weighted by Gasteiger charge is -2.09. The molecule has 0 spiro atoms. The summed E-state index contributed by atoms with van der Waals surface area (Å²) >= 11 is 0. The molecule has 0 unspecified atom stereocenters. The molecule has 0 aliphatic heterocycles. The number of anilines is 1. The minimum atomic E-state index is -0.237. The Morgan fingerprint density at radius 3 is 2.42 bits per heavy atom. The van der Waals surface area contributed by atoms with Gasteiger partial charge in [0, 0.05) is 11.3 Å². The van der Waals surface area contributed by atoms with E-state index in [-0.39, 0.29) is 5.91 Å². The fourth-order valence-electron chi connectivity index (χ4n) is 2.58. The molecular formula is C21H21NO2. The van der Waals surface area contributed by atoms with E-state index in [2.05, 4.69) is 31.3 Å². The fourth-order valence-corrected chi connectivity index (χ4v) is 2.58. The van der Waals surface area contributed by atoms with Gasteiger partial charge in [0.1, 0.15) is 5.76 Å². The van der Waals surface area contributed by atoms with Crippen LogP contribution in [0.2, 0.25) is 0 Å². The summed E-state index contributed by atoms with van der Waals surface area (Å²) in [7, 11) is 0. The number of hydrogen-bond acceptors (Lipinski definition) is 2. The summed E-state index contributed by atoms with van der Waals surface area (Å²) in [6, 6.07) is 15.5. The molecule has 0 saturated carbocycles. The Balaban J connectivity index is 1.83. The number of carbonyl (C=O) groups is 1. The van der Waals surface area contributed by atoms with Crippen molar-refractivity contribution in [3.63, 3.8) is 0 Å². The summed E-state index contributed by atoms with van der Waals surface area (Å²) in [5.74, 6) is 0.770. The highest BCUT2D eigenvalue weighted by Crippen LogP contribution is 2.25. The second kappa shape index (κ2) is 6.36. The zero-order valence-corrected chi connectivity index (χ0v) is 14.4. The average Bonchev–Trinajstić information content (AvgIpc) is 3.04. The Kier molecular flexibility index (Phi) is 4.26. The molecule has 1 heterocycles. The Hall–Kier alpha value is -2.81. The Morgan fingerprint density at radius 1 is 0.875 bits per heavy atom. The van der Waals surface area contributed by atoms with E-state index in [9.17, 15) is 4.79 Å². The highest BCUT2D eigenvalue weighted by atomic mass is 16.3. The van der Waals surface area contributed by atoms with Gasteiger partial charge < -0.3 is 9.73 Å². The van der Waals surface area contributed by atoms with Gasteiger partial charge in [0.15, 0.2) is 5.76 Å². The van der Waals surface area contributed by atoms with Gasteiger partial charge in [-0.25, -0.2) is 0 Å². The third kappa shape index (κ3) is 3.11. The van der Waals surface area contributed by atoms with Gasteiger partial charge in [-0.05, 0) is 74.2 Å². The van der Waals surface area contributed by atoms with Crippen molar-refractivity contribution < 1.29 is 9.21 Å². The number of benzene rings is 2. The summed E-state index contributed by atoms with van der Waals surface area (Å²) in [5, 5.41) is 2.92. The zero-order valence-electron chi connectivity index (χ0n) is 14.4. The molecule has 2 aromatic carbocycles. The molecule has 0 atom stereocenters.